The smallest absolute Gasteiger partial charge is 0.0570 e. The zero-order chi connectivity index (χ0) is 28.3. The molecule has 44 heavy (non-hydrogen) atoms. The first kappa shape index (κ1) is 22.6. The number of allylic oxidation sites excluding steroid dienone is 8. The largest absolute Gasteiger partial charge is 0.103 e. The molecule has 4 aromatic carbocycles. The number of benzene rings is 4. The van der Waals surface area contributed by atoms with Gasteiger partial charge in [0.05, 0.1) is 5.41 Å². The highest BCUT2D eigenvalue weighted by Gasteiger charge is 2.75. The summed E-state index contributed by atoms with van der Waals surface area (Å²) in [5.74, 6) is 0.477. The van der Waals surface area contributed by atoms with Crippen molar-refractivity contribution in [1.29, 1.82) is 0 Å². The third-order valence-electron chi connectivity index (χ3n) is 14.5. The minimum absolute atomic E-state index is 0.0250. The lowest BCUT2D eigenvalue weighted by Gasteiger charge is -2.57. The summed E-state index contributed by atoms with van der Waals surface area (Å²) in [6.07, 6.45) is 22.7. The first-order chi connectivity index (χ1) is 21.8. The van der Waals surface area contributed by atoms with E-state index in [9.17, 15) is 0 Å². The Morgan fingerprint density at radius 1 is 0.818 bits per heavy atom. The Hall–Kier alpha value is -3.90. The maximum atomic E-state index is 4.31. The standard InChI is InChI=1S/C44H34/c1-2-8-23-19-25-13-14-26-21-30-22-27-20-24-9-7-12-31-34(24)37-38(27)42(30)18-17-29-11-6-4-3-5-10-28-15-16-32-33(23)36-35(25)39(26)44(29,42)41(36)40(37)43(28,31)32/h2,7,9,12-15,17,19-21,32H,1,3-6,8,10-11,16,18,22H2/t32-,42+,43+,44-/m0/s1. The second kappa shape index (κ2) is 6.69. The molecular weight excluding hydrogens is 528 g/mol. The maximum absolute atomic E-state index is 4.31. The fourth-order valence-electron chi connectivity index (χ4n) is 13.7. The fraction of sp³-hybridized carbons (Fsp3) is 0.318. The van der Waals surface area contributed by atoms with Gasteiger partial charge in [0.15, 0.2) is 0 Å². The molecule has 0 N–H and O–H groups in total. The average Bonchev–Trinajstić information content (AvgIpc) is 3.81. The van der Waals surface area contributed by atoms with Crippen LogP contribution in [0.4, 0.5) is 0 Å². The van der Waals surface area contributed by atoms with Gasteiger partial charge in [0.1, 0.15) is 0 Å². The minimum atomic E-state index is -0.0377. The van der Waals surface area contributed by atoms with Gasteiger partial charge in [0.25, 0.3) is 0 Å². The van der Waals surface area contributed by atoms with E-state index in [1.165, 1.54) is 67.7 Å². The molecule has 13 rings (SSSR count). The van der Waals surface area contributed by atoms with Gasteiger partial charge in [-0.1, -0.05) is 96.3 Å². The van der Waals surface area contributed by atoms with Crippen LogP contribution in [0.1, 0.15) is 107 Å². The first-order valence-electron chi connectivity index (χ1n) is 17.5. The van der Waals surface area contributed by atoms with Gasteiger partial charge in [0, 0.05) is 16.7 Å². The summed E-state index contributed by atoms with van der Waals surface area (Å²) in [6.45, 7) is 4.31. The van der Waals surface area contributed by atoms with Crippen LogP contribution in [0.25, 0.3) is 38.8 Å². The molecule has 4 atom stereocenters. The monoisotopic (exact) mass is 562 g/mol. The van der Waals surface area contributed by atoms with Crippen LogP contribution >= 0.6 is 0 Å². The molecule has 4 aromatic rings. The van der Waals surface area contributed by atoms with E-state index in [1.807, 2.05) is 0 Å². The first-order valence-corrected chi connectivity index (χ1v) is 17.5. The Balaban J connectivity index is 1.38. The number of hydrogen-bond donors (Lipinski definition) is 0. The SMILES string of the molecule is C=CCc1cc2ccc3c4c2c2c1[C@@H]1CC=C5CCCCCCC6=CC[C@@]78C(=C3)Cc3cc9cccc%10c9c(c37)C(=C2[C@]648)[C@]5%101. The molecule has 0 saturated heterocycles. The number of rotatable bonds is 2. The average molecular weight is 563 g/mol. The molecule has 0 saturated carbocycles. The summed E-state index contributed by atoms with van der Waals surface area (Å²) >= 11 is 0. The van der Waals surface area contributed by atoms with Crippen molar-refractivity contribution in [3.63, 3.8) is 0 Å². The molecule has 0 heteroatoms. The highest BCUT2D eigenvalue weighted by Crippen LogP contribution is 2.84. The second-order valence-electron chi connectivity index (χ2n) is 15.6. The fourth-order valence-corrected chi connectivity index (χ4v) is 13.7. The Bertz CT molecular complexity index is 2360. The van der Waals surface area contributed by atoms with Gasteiger partial charge in [-0.3, -0.25) is 0 Å². The molecule has 3 spiro atoms. The van der Waals surface area contributed by atoms with Gasteiger partial charge < -0.3 is 0 Å². The molecule has 0 aliphatic heterocycles. The van der Waals surface area contributed by atoms with Gasteiger partial charge in [0.2, 0.25) is 0 Å². The van der Waals surface area contributed by atoms with Crippen LogP contribution in [-0.4, -0.2) is 0 Å². The molecular formula is C44H34. The quantitative estimate of drug-likeness (QED) is 0.213. The highest BCUT2D eigenvalue weighted by atomic mass is 14.8. The van der Waals surface area contributed by atoms with E-state index in [2.05, 4.69) is 73.3 Å². The molecule has 0 fully saturated rings. The Kier molecular flexibility index (Phi) is 3.43. The molecule has 0 aromatic heterocycles. The van der Waals surface area contributed by atoms with Crippen LogP contribution in [0, 0.1) is 0 Å². The van der Waals surface area contributed by atoms with Crippen LogP contribution < -0.4 is 0 Å². The van der Waals surface area contributed by atoms with E-state index in [-0.39, 0.29) is 16.2 Å². The van der Waals surface area contributed by atoms with Crippen molar-refractivity contribution in [1.82, 2.24) is 0 Å². The van der Waals surface area contributed by atoms with Crippen LogP contribution in [0.2, 0.25) is 0 Å². The van der Waals surface area contributed by atoms with E-state index in [0.29, 0.717) is 5.92 Å². The van der Waals surface area contributed by atoms with E-state index in [0.717, 1.165) is 12.8 Å². The Morgan fingerprint density at radius 3 is 2.61 bits per heavy atom. The topological polar surface area (TPSA) is 0 Å². The third kappa shape index (κ3) is 1.83. The maximum Gasteiger partial charge on any atom is 0.0570 e. The Labute approximate surface area is 258 Å². The number of fused-ring (bicyclic) bond motifs is 1. The van der Waals surface area contributed by atoms with Crippen molar-refractivity contribution in [3.05, 3.63) is 134 Å². The van der Waals surface area contributed by atoms with Gasteiger partial charge >= 0.3 is 0 Å². The molecule has 0 nitrogen and oxygen atoms in total. The van der Waals surface area contributed by atoms with Crippen molar-refractivity contribution >= 4 is 38.8 Å². The lowest BCUT2D eigenvalue weighted by atomic mass is 9.44. The molecule has 0 amide bonds. The predicted octanol–water partition coefficient (Wildman–Crippen LogP) is 10.5. The molecule has 0 unspecified atom stereocenters. The van der Waals surface area contributed by atoms with Gasteiger partial charge in [-0.25, -0.2) is 0 Å². The second-order valence-corrected chi connectivity index (χ2v) is 15.6. The normalized spacial score (nSPS) is 32.7. The van der Waals surface area contributed by atoms with Crippen molar-refractivity contribution in [2.24, 2.45) is 0 Å². The predicted molar refractivity (Wildman–Crippen MR) is 181 cm³/mol. The summed E-state index contributed by atoms with van der Waals surface area (Å²) in [4.78, 5) is 0. The summed E-state index contributed by atoms with van der Waals surface area (Å²) in [5.41, 5.74) is 23.7. The van der Waals surface area contributed by atoms with Crippen LogP contribution in [0.15, 0.2) is 84.0 Å². The minimum Gasteiger partial charge on any atom is -0.103 e. The van der Waals surface area contributed by atoms with E-state index < -0.39 is 0 Å². The lowest BCUT2D eigenvalue weighted by molar-refractivity contribution is 0.390. The zero-order valence-corrected chi connectivity index (χ0v) is 25.2. The van der Waals surface area contributed by atoms with E-state index in [1.54, 1.807) is 83.1 Å². The molecule has 9 aliphatic carbocycles. The summed E-state index contributed by atoms with van der Waals surface area (Å²) in [5, 5.41) is 6.21. The Morgan fingerprint density at radius 2 is 1.70 bits per heavy atom. The highest BCUT2D eigenvalue weighted by molar-refractivity contribution is 6.27. The number of hydrogen-bond acceptors (Lipinski definition) is 0. The van der Waals surface area contributed by atoms with Crippen molar-refractivity contribution < 1.29 is 0 Å². The molecule has 0 heterocycles. The zero-order valence-electron chi connectivity index (χ0n) is 25.2. The molecule has 0 radical (unpaired) electrons. The van der Waals surface area contributed by atoms with Gasteiger partial charge in [-0.15, -0.1) is 6.58 Å². The van der Waals surface area contributed by atoms with Gasteiger partial charge in [-0.05, 0) is 134 Å². The van der Waals surface area contributed by atoms with Crippen molar-refractivity contribution in [3.8, 4) is 0 Å². The van der Waals surface area contributed by atoms with E-state index in [4.69, 9.17) is 0 Å². The van der Waals surface area contributed by atoms with Crippen LogP contribution in [0.3, 0.4) is 0 Å². The third-order valence-corrected chi connectivity index (χ3v) is 14.5. The van der Waals surface area contributed by atoms with Crippen molar-refractivity contribution in [2.45, 2.75) is 86.4 Å². The summed E-state index contributed by atoms with van der Waals surface area (Å²) in [6, 6.07) is 17.7. The van der Waals surface area contributed by atoms with Crippen LogP contribution in [-0.2, 0) is 29.1 Å². The van der Waals surface area contributed by atoms with Gasteiger partial charge in [-0.2, -0.15) is 0 Å². The lowest BCUT2D eigenvalue weighted by Crippen LogP contribution is -2.52. The summed E-state index contributed by atoms with van der Waals surface area (Å²) in [7, 11) is 0. The van der Waals surface area contributed by atoms with E-state index >= 15 is 0 Å². The van der Waals surface area contributed by atoms with Crippen molar-refractivity contribution in [2.75, 3.05) is 0 Å². The molecule has 210 valence electrons. The summed E-state index contributed by atoms with van der Waals surface area (Å²) < 4.78 is 0. The molecule has 4 bridgehead atoms. The van der Waals surface area contributed by atoms with Crippen LogP contribution in [0.5, 0.6) is 0 Å². The molecule has 9 aliphatic rings.